The molecule has 0 bridgehead atoms. The molecule has 6 nitrogen and oxygen atoms in total. The van der Waals surface area contributed by atoms with Crippen LogP contribution in [-0.4, -0.2) is 56.5 Å². The van der Waals surface area contributed by atoms with E-state index in [-0.39, 0.29) is 47.2 Å². The van der Waals surface area contributed by atoms with E-state index in [1.165, 1.54) is 30.3 Å². The Kier molecular flexibility index (Phi) is 9.16. The zero-order valence-electron chi connectivity index (χ0n) is 16.6. The van der Waals surface area contributed by atoms with E-state index in [1.807, 2.05) is 0 Å². The lowest BCUT2D eigenvalue weighted by Gasteiger charge is -2.35. The minimum absolute atomic E-state index is 0. The molecule has 1 saturated heterocycles. The highest BCUT2D eigenvalue weighted by atomic mass is 127. The molecule has 1 heterocycles. The van der Waals surface area contributed by atoms with Gasteiger partial charge in [-0.05, 0) is 36.4 Å². The highest BCUT2D eigenvalue weighted by Gasteiger charge is 2.32. The van der Waals surface area contributed by atoms with Crippen LogP contribution in [0.5, 0.6) is 5.75 Å². The Hall–Kier alpha value is -2.28. The molecule has 1 fully saturated rings. The van der Waals surface area contributed by atoms with Crippen molar-refractivity contribution in [2.24, 2.45) is 10.7 Å². The molecule has 1 aliphatic rings. The van der Waals surface area contributed by atoms with Crippen molar-refractivity contribution in [2.75, 3.05) is 49.5 Å². The molecular weight excluding hydrogens is 529 g/mol. The largest absolute Gasteiger partial charge is 0.573 e. The number of aliphatic imine (C=N–C) groups is 1. The second-order valence-corrected chi connectivity index (χ2v) is 6.74. The van der Waals surface area contributed by atoms with Gasteiger partial charge < -0.3 is 20.7 Å². The van der Waals surface area contributed by atoms with Crippen molar-refractivity contribution < 1.29 is 22.3 Å². The van der Waals surface area contributed by atoms with Crippen LogP contribution in [0.1, 0.15) is 0 Å². The summed E-state index contributed by atoms with van der Waals surface area (Å²) in [6.07, 6.45) is -4.79. The maximum Gasteiger partial charge on any atom is 0.573 e. The number of piperazine rings is 1. The van der Waals surface area contributed by atoms with Crippen molar-refractivity contribution in [1.82, 2.24) is 4.90 Å². The number of halogens is 5. The molecule has 170 valence electrons. The molecule has 11 heteroatoms. The molecule has 0 saturated carbocycles. The average Bonchev–Trinajstić information content (AvgIpc) is 2.70. The summed E-state index contributed by atoms with van der Waals surface area (Å²) in [4.78, 5) is 8.59. The summed E-state index contributed by atoms with van der Waals surface area (Å²) in [6.45, 7) is 4.33. The van der Waals surface area contributed by atoms with Crippen molar-refractivity contribution in [2.45, 2.75) is 6.36 Å². The van der Waals surface area contributed by atoms with E-state index >= 15 is 0 Å². The van der Waals surface area contributed by atoms with E-state index in [9.17, 15) is 17.6 Å². The molecule has 3 N–H and O–H groups in total. The predicted octanol–water partition coefficient (Wildman–Crippen LogP) is 3.89. The molecule has 2 aromatic rings. The lowest BCUT2D eigenvalue weighted by Crippen LogP contribution is -2.47. The van der Waals surface area contributed by atoms with Gasteiger partial charge in [0.2, 0.25) is 0 Å². The molecule has 3 rings (SSSR count). The van der Waals surface area contributed by atoms with Crippen LogP contribution < -0.4 is 20.7 Å². The molecule has 2 aromatic carbocycles. The maximum absolute atomic E-state index is 13.0. The topological polar surface area (TPSA) is 66.1 Å². The van der Waals surface area contributed by atoms with E-state index in [0.717, 1.165) is 31.9 Å². The van der Waals surface area contributed by atoms with Gasteiger partial charge in [0.25, 0.3) is 0 Å². The van der Waals surface area contributed by atoms with Crippen LogP contribution >= 0.6 is 24.0 Å². The van der Waals surface area contributed by atoms with E-state index < -0.39 is 6.36 Å². The van der Waals surface area contributed by atoms with E-state index in [2.05, 4.69) is 24.8 Å². The van der Waals surface area contributed by atoms with Crippen LogP contribution in [0.3, 0.4) is 0 Å². The molecule has 0 spiro atoms. The lowest BCUT2D eigenvalue weighted by molar-refractivity contribution is -0.274. The number of nitrogens with two attached hydrogens (primary N) is 1. The number of nitrogens with one attached hydrogen (secondary N) is 1. The molecule has 0 aliphatic carbocycles. The summed E-state index contributed by atoms with van der Waals surface area (Å²) in [7, 11) is 0. The first kappa shape index (κ1) is 25.0. The zero-order valence-corrected chi connectivity index (χ0v) is 18.9. The first-order chi connectivity index (χ1) is 14.3. The minimum atomic E-state index is -4.79. The second kappa shape index (κ2) is 11.4. The Morgan fingerprint density at radius 1 is 1.03 bits per heavy atom. The fraction of sp³-hybridized carbons (Fsp3) is 0.350. The van der Waals surface area contributed by atoms with E-state index in [4.69, 9.17) is 5.73 Å². The van der Waals surface area contributed by atoms with Gasteiger partial charge in [-0.15, -0.1) is 37.1 Å². The quantitative estimate of drug-likeness (QED) is 0.246. The molecule has 0 radical (unpaired) electrons. The Morgan fingerprint density at radius 3 is 2.32 bits per heavy atom. The highest BCUT2D eigenvalue weighted by Crippen LogP contribution is 2.29. The van der Waals surface area contributed by atoms with Gasteiger partial charge in [0.1, 0.15) is 5.82 Å². The Labute approximate surface area is 195 Å². The Morgan fingerprint density at radius 2 is 1.68 bits per heavy atom. The number of anilines is 2. The number of benzene rings is 2. The van der Waals surface area contributed by atoms with Gasteiger partial charge in [0, 0.05) is 38.4 Å². The Balaban J connectivity index is 0.00000341. The zero-order chi connectivity index (χ0) is 21.6. The van der Waals surface area contributed by atoms with Gasteiger partial charge in [-0.1, -0.05) is 12.1 Å². The number of alkyl halides is 3. The van der Waals surface area contributed by atoms with Gasteiger partial charge in [0.15, 0.2) is 11.7 Å². The number of rotatable bonds is 6. The van der Waals surface area contributed by atoms with Crippen molar-refractivity contribution in [3.05, 3.63) is 54.3 Å². The molecule has 31 heavy (non-hydrogen) atoms. The number of hydrogen-bond donors (Lipinski definition) is 2. The average molecular weight is 553 g/mol. The third-order valence-corrected chi connectivity index (χ3v) is 4.64. The van der Waals surface area contributed by atoms with Crippen molar-refractivity contribution in [3.8, 4) is 5.75 Å². The van der Waals surface area contributed by atoms with Gasteiger partial charge in [0.05, 0.1) is 12.2 Å². The number of para-hydroxylation sites is 2. The van der Waals surface area contributed by atoms with E-state index in [1.54, 1.807) is 18.2 Å². The van der Waals surface area contributed by atoms with Crippen LogP contribution in [0.15, 0.2) is 53.5 Å². The monoisotopic (exact) mass is 553 g/mol. The normalized spacial score (nSPS) is 15.4. The Bertz CT molecular complexity index is 855. The number of nitrogens with zero attached hydrogens (tertiary/aromatic N) is 3. The van der Waals surface area contributed by atoms with Crippen LogP contribution in [0.25, 0.3) is 0 Å². The summed E-state index contributed by atoms with van der Waals surface area (Å²) in [5.74, 6) is -0.618. The molecule has 0 atom stereocenters. The van der Waals surface area contributed by atoms with Gasteiger partial charge in [-0.3, -0.25) is 9.89 Å². The second-order valence-electron chi connectivity index (χ2n) is 6.74. The van der Waals surface area contributed by atoms with Gasteiger partial charge >= 0.3 is 6.36 Å². The third-order valence-electron chi connectivity index (χ3n) is 4.64. The maximum atomic E-state index is 13.0. The predicted molar refractivity (Wildman–Crippen MR) is 124 cm³/mol. The number of ether oxygens (including phenoxy) is 1. The van der Waals surface area contributed by atoms with Crippen LogP contribution in [-0.2, 0) is 0 Å². The van der Waals surface area contributed by atoms with Crippen molar-refractivity contribution in [3.63, 3.8) is 0 Å². The van der Waals surface area contributed by atoms with Crippen LogP contribution in [0.2, 0.25) is 0 Å². The summed E-state index contributed by atoms with van der Waals surface area (Å²) in [5, 5.41) is 2.65. The molecule has 1 aliphatic heterocycles. The number of hydrogen-bond acceptors (Lipinski definition) is 4. The fourth-order valence-corrected chi connectivity index (χ4v) is 3.15. The van der Waals surface area contributed by atoms with Crippen molar-refractivity contribution in [1.29, 1.82) is 0 Å². The summed E-state index contributed by atoms with van der Waals surface area (Å²) >= 11 is 0. The fourth-order valence-electron chi connectivity index (χ4n) is 3.15. The standard InChI is InChI=1S/C20H23F4N5O.HI/c21-15-5-7-16(8-6-15)29-13-11-28(12-14-29)10-9-26-19(25)27-17-3-1-2-4-18(17)30-20(22,23)24;/h1-8H,9-14H2,(H3,25,26,27);1H. The number of guanidine groups is 1. The molecule has 0 aromatic heterocycles. The summed E-state index contributed by atoms with van der Waals surface area (Å²) < 4.78 is 54.5. The third kappa shape index (κ3) is 8.05. The van der Waals surface area contributed by atoms with Gasteiger partial charge in [-0.25, -0.2) is 4.39 Å². The highest BCUT2D eigenvalue weighted by molar-refractivity contribution is 14.0. The summed E-state index contributed by atoms with van der Waals surface area (Å²) in [5.41, 5.74) is 6.88. The first-order valence-electron chi connectivity index (χ1n) is 9.45. The lowest BCUT2D eigenvalue weighted by atomic mass is 10.2. The summed E-state index contributed by atoms with van der Waals surface area (Å²) in [6, 6.07) is 12.1. The van der Waals surface area contributed by atoms with Gasteiger partial charge in [-0.2, -0.15) is 0 Å². The molecule has 0 amide bonds. The molecular formula is C20H24F4IN5O. The smallest absolute Gasteiger partial charge is 0.404 e. The SMILES string of the molecule is I.NC(=NCCN1CCN(c2ccc(F)cc2)CC1)Nc1ccccc1OC(F)(F)F. The van der Waals surface area contributed by atoms with Crippen LogP contribution in [0, 0.1) is 5.82 Å². The minimum Gasteiger partial charge on any atom is -0.404 e. The van der Waals surface area contributed by atoms with Crippen molar-refractivity contribution >= 4 is 41.3 Å². The first-order valence-corrected chi connectivity index (χ1v) is 9.45. The van der Waals surface area contributed by atoms with Crippen LogP contribution in [0.4, 0.5) is 28.9 Å². The van der Waals surface area contributed by atoms with E-state index in [0.29, 0.717) is 13.1 Å². The molecule has 0 unspecified atom stereocenters.